The van der Waals surface area contributed by atoms with Gasteiger partial charge in [-0.25, -0.2) is 4.98 Å². The molecule has 5 rings (SSSR count). The van der Waals surface area contributed by atoms with Gasteiger partial charge in [-0.15, -0.1) is 11.3 Å². The number of benzene rings is 4. The topological polar surface area (TPSA) is 60.5 Å². The summed E-state index contributed by atoms with van der Waals surface area (Å²) in [5.74, 6) is 1.89. The second-order valence-corrected chi connectivity index (χ2v) is 10.0. The first-order chi connectivity index (χ1) is 18.5. The third kappa shape index (κ3) is 6.72. The molecule has 0 aliphatic heterocycles. The summed E-state index contributed by atoms with van der Waals surface area (Å²) < 4.78 is 11.8. The van der Waals surface area contributed by atoms with Crippen molar-refractivity contribution in [3.05, 3.63) is 129 Å². The number of nitrogens with zero attached hydrogens (tertiary/aromatic N) is 1. The lowest BCUT2D eigenvalue weighted by atomic mass is 10.2. The van der Waals surface area contributed by atoms with Crippen LogP contribution in [0.3, 0.4) is 0 Å². The van der Waals surface area contributed by atoms with Gasteiger partial charge in [-0.3, -0.25) is 4.79 Å². The summed E-state index contributed by atoms with van der Waals surface area (Å²) in [6.07, 6.45) is 0. The van der Waals surface area contributed by atoms with E-state index in [1.807, 2.05) is 84.9 Å². The Labute approximate surface area is 234 Å². The van der Waals surface area contributed by atoms with Gasteiger partial charge in [-0.2, -0.15) is 0 Å². The number of aromatic nitrogens is 1. The summed E-state index contributed by atoms with van der Waals surface area (Å²) >= 11 is 13.6. The molecule has 1 heterocycles. The lowest BCUT2D eigenvalue weighted by Gasteiger charge is -2.09. The fourth-order valence-corrected chi connectivity index (χ4v) is 4.91. The van der Waals surface area contributed by atoms with Gasteiger partial charge in [0.15, 0.2) is 0 Å². The molecule has 0 atom stereocenters. The van der Waals surface area contributed by atoms with Crippen LogP contribution in [0.5, 0.6) is 17.2 Å². The van der Waals surface area contributed by atoms with Crippen LogP contribution in [-0.4, -0.2) is 10.9 Å². The van der Waals surface area contributed by atoms with Crippen LogP contribution in [0.2, 0.25) is 10.0 Å². The fraction of sp³-hybridized carbons (Fsp3) is 0.0667. The van der Waals surface area contributed by atoms with Crippen molar-refractivity contribution in [2.24, 2.45) is 0 Å². The van der Waals surface area contributed by atoms with Crippen molar-refractivity contribution in [2.75, 3.05) is 0 Å². The summed E-state index contributed by atoms with van der Waals surface area (Å²) in [6, 6.07) is 30.1. The lowest BCUT2D eigenvalue weighted by molar-refractivity contribution is 0.0946. The van der Waals surface area contributed by atoms with Gasteiger partial charge in [-0.1, -0.05) is 71.7 Å². The molecule has 0 fully saturated rings. The summed E-state index contributed by atoms with van der Waals surface area (Å²) in [6.45, 7) is 0.664. The normalized spacial score (nSPS) is 10.7. The van der Waals surface area contributed by atoms with E-state index in [9.17, 15) is 4.79 Å². The molecule has 0 spiro atoms. The van der Waals surface area contributed by atoms with Crippen molar-refractivity contribution in [3.8, 4) is 27.8 Å². The highest BCUT2D eigenvalue weighted by atomic mass is 35.5. The van der Waals surface area contributed by atoms with Crippen LogP contribution < -0.4 is 14.8 Å². The second kappa shape index (κ2) is 12.1. The molecule has 1 amide bonds. The zero-order valence-electron chi connectivity index (χ0n) is 20.1. The van der Waals surface area contributed by atoms with Crippen LogP contribution in [-0.2, 0) is 13.2 Å². The number of hydrogen-bond donors (Lipinski definition) is 1. The third-order valence-electron chi connectivity index (χ3n) is 5.56. The van der Waals surface area contributed by atoms with Gasteiger partial charge in [0.05, 0.1) is 0 Å². The van der Waals surface area contributed by atoms with E-state index in [-0.39, 0.29) is 5.91 Å². The third-order valence-corrected chi connectivity index (χ3v) is 7.04. The van der Waals surface area contributed by atoms with Crippen LogP contribution >= 0.6 is 34.5 Å². The Hall–Kier alpha value is -3.84. The van der Waals surface area contributed by atoms with Gasteiger partial charge >= 0.3 is 0 Å². The average Bonchev–Trinajstić information content (AvgIpc) is 3.43. The van der Waals surface area contributed by atoms with Crippen LogP contribution in [0.4, 0.5) is 0 Å². The Morgan fingerprint density at radius 3 is 2.47 bits per heavy atom. The Morgan fingerprint density at radius 1 is 0.842 bits per heavy atom. The molecule has 0 saturated heterocycles. The fourth-order valence-electron chi connectivity index (χ4n) is 3.65. The number of carbonyl (C=O) groups is 1. The quantitative estimate of drug-likeness (QED) is 0.196. The molecular weight excluding hydrogens is 539 g/mol. The minimum atomic E-state index is -0.244. The molecule has 1 N–H and O–H groups in total. The Kier molecular flexibility index (Phi) is 8.24. The monoisotopic (exact) mass is 560 g/mol. The largest absolute Gasteiger partial charge is 0.489 e. The molecule has 0 aliphatic carbocycles. The molecule has 4 aromatic carbocycles. The number of rotatable bonds is 9. The molecule has 8 heteroatoms. The van der Waals surface area contributed by atoms with Gasteiger partial charge in [-0.05, 0) is 54.1 Å². The SMILES string of the molecule is O=C(NCc1cccc(Oc2ccccc2)c1)c1csc(-c2cccc(OCc3ccc(Cl)cc3Cl)c2)n1. The molecule has 0 unspecified atom stereocenters. The number of thiazole rings is 1. The number of nitrogens with one attached hydrogen (secondary N) is 1. The number of para-hydroxylation sites is 1. The first-order valence-corrected chi connectivity index (χ1v) is 13.4. The summed E-state index contributed by atoms with van der Waals surface area (Å²) in [5, 5.41) is 6.54. The van der Waals surface area contributed by atoms with Crippen molar-refractivity contribution in [1.82, 2.24) is 10.3 Å². The molecule has 1 aromatic heterocycles. The number of hydrogen-bond acceptors (Lipinski definition) is 5. The zero-order valence-corrected chi connectivity index (χ0v) is 22.4. The molecule has 5 nitrogen and oxygen atoms in total. The summed E-state index contributed by atoms with van der Waals surface area (Å²) in [7, 11) is 0. The zero-order chi connectivity index (χ0) is 26.3. The number of halogens is 2. The molecule has 0 aliphatic rings. The Morgan fingerprint density at radius 2 is 1.63 bits per heavy atom. The maximum atomic E-state index is 12.8. The van der Waals surface area contributed by atoms with Crippen LogP contribution in [0.15, 0.2) is 102 Å². The predicted molar refractivity (Wildman–Crippen MR) is 152 cm³/mol. The van der Waals surface area contributed by atoms with Crippen LogP contribution in [0.25, 0.3) is 10.6 Å². The number of amides is 1. The van der Waals surface area contributed by atoms with Crippen LogP contribution in [0, 0.1) is 0 Å². The van der Waals surface area contributed by atoms with Crippen molar-refractivity contribution >= 4 is 40.4 Å². The van der Waals surface area contributed by atoms with Gasteiger partial charge in [0.25, 0.3) is 5.91 Å². The van der Waals surface area contributed by atoms with E-state index in [0.717, 1.165) is 27.4 Å². The van der Waals surface area contributed by atoms with Crippen molar-refractivity contribution in [1.29, 1.82) is 0 Å². The number of ether oxygens (including phenoxy) is 2. The van der Waals surface area contributed by atoms with E-state index in [1.165, 1.54) is 11.3 Å². The molecule has 5 aromatic rings. The van der Waals surface area contributed by atoms with Crippen molar-refractivity contribution < 1.29 is 14.3 Å². The summed E-state index contributed by atoms with van der Waals surface area (Å²) in [5.41, 5.74) is 2.99. The molecule has 0 saturated carbocycles. The van der Waals surface area contributed by atoms with Gasteiger partial charge in [0.1, 0.15) is 34.6 Å². The van der Waals surface area contributed by atoms with E-state index >= 15 is 0 Å². The van der Waals surface area contributed by atoms with E-state index in [1.54, 1.807) is 17.5 Å². The highest BCUT2D eigenvalue weighted by molar-refractivity contribution is 7.13. The van der Waals surface area contributed by atoms with Crippen molar-refractivity contribution in [2.45, 2.75) is 13.2 Å². The molecule has 0 bridgehead atoms. The van der Waals surface area contributed by atoms with E-state index in [4.69, 9.17) is 32.7 Å². The predicted octanol–water partition coefficient (Wildman–Crippen LogP) is 8.42. The highest BCUT2D eigenvalue weighted by Crippen LogP contribution is 2.29. The molecule has 38 heavy (non-hydrogen) atoms. The maximum Gasteiger partial charge on any atom is 0.271 e. The minimum absolute atomic E-state index is 0.244. The van der Waals surface area contributed by atoms with Crippen molar-refractivity contribution in [3.63, 3.8) is 0 Å². The van der Waals surface area contributed by atoms with Gasteiger partial charge < -0.3 is 14.8 Å². The summed E-state index contributed by atoms with van der Waals surface area (Å²) in [4.78, 5) is 17.3. The van der Waals surface area contributed by atoms with E-state index in [0.29, 0.717) is 40.4 Å². The van der Waals surface area contributed by atoms with Gasteiger partial charge in [0, 0.05) is 33.1 Å². The standard InChI is InChI=1S/C30H22Cl2N2O3S/c31-23-13-12-22(27(32)16-23)18-36-25-10-5-7-21(15-25)30-34-28(19-38-30)29(35)33-17-20-6-4-11-26(14-20)37-24-8-2-1-3-9-24/h1-16,19H,17-18H2,(H,33,35). The maximum absolute atomic E-state index is 12.8. The minimum Gasteiger partial charge on any atom is -0.489 e. The Bertz CT molecular complexity index is 1560. The second-order valence-electron chi connectivity index (χ2n) is 8.34. The lowest BCUT2D eigenvalue weighted by Crippen LogP contribution is -2.23. The molecular formula is C30H22Cl2N2O3S. The Balaban J connectivity index is 1.19. The highest BCUT2D eigenvalue weighted by Gasteiger charge is 2.13. The first kappa shape index (κ1) is 25.8. The van der Waals surface area contributed by atoms with Crippen LogP contribution in [0.1, 0.15) is 21.6 Å². The smallest absolute Gasteiger partial charge is 0.271 e. The molecule has 190 valence electrons. The number of carbonyl (C=O) groups excluding carboxylic acids is 1. The van der Waals surface area contributed by atoms with Gasteiger partial charge in [0.2, 0.25) is 0 Å². The van der Waals surface area contributed by atoms with E-state index in [2.05, 4.69) is 10.3 Å². The molecule has 0 radical (unpaired) electrons. The average molecular weight is 561 g/mol. The van der Waals surface area contributed by atoms with E-state index < -0.39 is 0 Å². The first-order valence-electron chi connectivity index (χ1n) is 11.8.